The standard InChI is InChI=1S/C25H33N9O3/c1-37-15-22(35)32-10-2-5-17(14-32)26-24(36)20-7-3-11-33(20)25-28-23(19-6-4-12-34(19)31-25)27-21-13-18(29-30-21)16-8-9-16/h4,6,12-13,16-17,20H,2-3,5,7-11,14-15H2,1H3,(H,26,36)(H2,27,28,29,30,31)/t17?,20-/m0/s1. The summed E-state index contributed by atoms with van der Waals surface area (Å²) in [6.45, 7) is 1.96. The van der Waals surface area contributed by atoms with Gasteiger partial charge in [0.25, 0.3) is 0 Å². The zero-order chi connectivity index (χ0) is 25.4. The summed E-state index contributed by atoms with van der Waals surface area (Å²) < 4.78 is 6.78. The number of amides is 2. The summed E-state index contributed by atoms with van der Waals surface area (Å²) in [5.74, 6) is 2.36. The minimum Gasteiger partial charge on any atom is -0.375 e. The number of nitrogens with zero attached hydrogens (tertiary/aromatic N) is 6. The molecule has 6 rings (SSSR count). The van der Waals surface area contributed by atoms with Crippen LogP contribution in [0, 0.1) is 0 Å². The highest BCUT2D eigenvalue weighted by atomic mass is 16.5. The van der Waals surface area contributed by atoms with E-state index in [-0.39, 0.29) is 30.5 Å². The van der Waals surface area contributed by atoms with E-state index in [0.717, 1.165) is 42.7 Å². The van der Waals surface area contributed by atoms with E-state index in [4.69, 9.17) is 14.8 Å². The van der Waals surface area contributed by atoms with Crippen molar-refractivity contribution in [3.8, 4) is 0 Å². The maximum Gasteiger partial charge on any atom is 0.248 e. The molecule has 2 atom stereocenters. The van der Waals surface area contributed by atoms with Crippen molar-refractivity contribution in [2.24, 2.45) is 0 Å². The van der Waals surface area contributed by atoms with Crippen molar-refractivity contribution in [1.29, 1.82) is 0 Å². The van der Waals surface area contributed by atoms with Crippen molar-refractivity contribution in [3.05, 3.63) is 30.1 Å². The molecular weight excluding hydrogens is 474 g/mol. The summed E-state index contributed by atoms with van der Waals surface area (Å²) >= 11 is 0. The lowest BCUT2D eigenvalue weighted by molar-refractivity contribution is -0.137. The van der Waals surface area contributed by atoms with Gasteiger partial charge in [-0.05, 0) is 50.7 Å². The molecule has 0 spiro atoms. The number of nitrogens with one attached hydrogen (secondary N) is 3. The van der Waals surface area contributed by atoms with Crippen LogP contribution in [-0.2, 0) is 14.3 Å². The molecule has 196 valence electrons. The Labute approximate surface area is 214 Å². The Kier molecular flexibility index (Phi) is 6.41. The van der Waals surface area contributed by atoms with Crippen molar-refractivity contribution < 1.29 is 14.3 Å². The summed E-state index contributed by atoms with van der Waals surface area (Å²) in [5.41, 5.74) is 1.98. The Hall–Kier alpha value is -3.67. The maximum absolute atomic E-state index is 13.4. The molecule has 2 aliphatic heterocycles. The summed E-state index contributed by atoms with van der Waals surface area (Å²) in [7, 11) is 1.52. The summed E-state index contributed by atoms with van der Waals surface area (Å²) in [5, 5.41) is 18.8. The van der Waals surface area contributed by atoms with Crippen LogP contribution in [0.5, 0.6) is 0 Å². The number of carbonyl (C=O) groups is 2. The number of likely N-dealkylation sites (tertiary alicyclic amines) is 1. The molecule has 2 amide bonds. The quantitative estimate of drug-likeness (QED) is 0.420. The number of piperidine rings is 1. The number of aromatic nitrogens is 5. The Morgan fingerprint density at radius 2 is 2.05 bits per heavy atom. The van der Waals surface area contributed by atoms with E-state index in [0.29, 0.717) is 37.3 Å². The van der Waals surface area contributed by atoms with Gasteiger partial charge >= 0.3 is 0 Å². The van der Waals surface area contributed by atoms with E-state index in [1.165, 1.54) is 20.0 Å². The smallest absolute Gasteiger partial charge is 0.248 e. The summed E-state index contributed by atoms with van der Waals surface area (Å²) in [4.78, 5) is 34.2. The van der Waals surface area contributed by atoms with Crippen molar-refractivity contribution in [2.45, 2.75) is 56.5 Å². The van der Waals surface area contributed by atoms with Gasteiger partial charge in [0.1, 0.15) is 18.2 Å². The van der Waals surface area contributed by atoms with Gasteiger partial charge in [-0.3, -0.25) is 14.7 Å². The molecule has 3 aromatic heterocycles. The molecule has 0 bridgehead atoms. The first-order valence-electron chi connectivity index (χ1n) is 13.1. The fourth-order valence-electron chi connectivity index (χ4n) is 5.37. The number of aromatic amines is 1. The molecule has 3 N–H and O–H groups in total. The van der Waals surface area contributed by atoms with E-state index < -0.39 is 0 Å². The predicted molar refractivity (Wildman–Crippen MR) is 137 cm³/mol. The molecule has 12 heteroatoms. The highest BCUT2D eigenvalue weighted by Crippen LogP contribution is 2.39. The van der Waals surface area contributed by atoms with Crippen molar-refractivity contribution >= 4 is 34.9 Å². The predicted octanol–water partition coefficient (Wildman–Crippen LogP) is 1.80. The van der Waals surface area contributed by atoms with Gasteiger partial charge in [0.05, 0.1) is 0 Å². The number of hydrogen-bond donors (Lipinski definition) is 3. The second kappa shape index (κ2) is 10.0. The molecular formula is C25H33N9O3. The Morgan fingerprint density at radius 1 is 1.19 bits per heavy atom. The summed E-state index contributed by atoms with van der Waals surface area (Å²) in [6, 6.07) is 5.48. The molecule has 0 radical (unpaired) electrons. The van der Waals surface area contributed by atoms with Crippen LogP contribution in [0.4, 0.5) is 17.6 Å². The molecule has 3 aromatic rings. The fourth-order valence-corrected chi connectivity index (χ4v) is 5.37. The van der Waals surface area contributed by atoms with Gasteiger partial charge in [0.2, 0.25) is 17.8 Å². The molecule has 12 nitrogen and oxygen atoms in total. The number of rotatable bonds is 8. The van der Waals surface area contributed by atoms with Crippen LogP contribution in [0.3, 0.4) is 0 Å². The van der Waals surface area contributed by atoms with Crippen molar-refractivity contribution in [2.75, 3.05) is 43.6 Å². The monoisotopic (exact) mass is 507 g/mol. The second-order valence-electron chi connectivity index (χ2n) is 10.2. The molecule has 1 aliphatic carbocycles. The van der Waals surface area contributed by atoms with Gasteiger partial charge in [0.15, 0.2) is 11.6 Å². The van der Waals surface area contributed by atoms with E-state index in [1.807, 2.05) is 29.3 Å². The first-order chi connectivity index (χ1) is 18.1. The van der Waals surface area contributed by atoms with Crippen LogP contribution in [-0.4, -0.2) is 86.9 Å². The van der Waals surface area contributed by atoms with E-state index in [9.17, 15) is 9.59 Å². The second-order valence-corrected chi connectivity index (χ2v) is 10.2. The Bertz CT molecular complexity index is 1280. The molecule has 3 fully saturated rings. The first kappa shape index (κ1) is 23.7. The molecule has 1 unspecified atom stereocenters. The van der Waals surface area contributed by atoms with E-state index in [2.05, 4.69) is 20.8 Å². The highest BCUT2D eigenvalue weighted by molar-refractivity contribution is 5.86. The van der Waals surface area contributed by atoms with Crippen LogP contribution in [0.2, 0.25) is 0 Å². The third-order valence-electron chi connectivity index (χ3n) is 7.44. The van der Waals surface area contributed by atoms with Crippen LogP contribution < -0.4 is 15.5 Å². The van der Waals surface area contributed by atoms with Gasteiger partial charge in [0, 0.05) is 56.7 Å². The van der Waals surface area contributed by atoms with Gasteiger partial charge < -0.3 is 25.2 Å². The van der Waals surface area contributed by atoms with E-state index >= 15 is 0 Å². The number of carbonyl (C=O) groups excluding carboxylic acids is 2. The molecule has 37 heavy (non-hydrogen) atoms. The van der Waals surface area contributed by atoms with Crippen LogP contribution >= 0.6 is 0 Å². The molecule has 5 heterocycles. The van der Waals surface area contributed by atoms with Crippen LogP contribution in [0.1, 0.15) is 50.1 Å². The van der Waals surface area contributed by atoms with Gasteiger partial charge in [-0.1, -0.05) is 0 Å². The number of fused-ring (bicyclic) bond motifs is 1. The zero-order valence-corrected chi connectivity index (χ0v) is 21.0. The van der Waals surface area contributed by atoms with Gasteiger partial charge in [-0.25, -0.2) is 4.52 Å². The summed E-state index contributed by atoms with van der Waals surface area (Å²) in [6.07, 6.45) is 7.58. The number of hydrogen-bond acceptors (Lipinski definition) is 8. The van der Waals surface area contributed by atoms with Crippen molar-refractivity contribution in [3.63, 3.8) is 0 Å². The molecule has 3 aliphatic rings. The number of anilines is 3. The van der Waals surface area contributed by atoms with Crippen LogP contribution in [0.15, 0.2) is 24.4 Å². The zero-order valence-electron chi connectivity index (χ0n) is 21.0. The minimum atomic E-state index is -0.363. The minimum absolute atomic E-state index is 0.0430. The fraction of sp³-hybridized carbons (Fsp3) is 0.560. The number of methoxy groups -OCH3 is 1. The van der Waals surface area contributed by atoms with Crippen LogP contribution in [0.25, 0.3) is 5.52 Å². The average Bonchev–Trinajstić information content (AvgIpc) is 3.26. The normalized spacial score (nSPS) is 22.0. The average molecular weight is 508 g/mol. The number of ether oxygens (including phenoxy) is 1. The SMILES string of the molecule is COCC(=O)N1CCCC(NC(=O)[C@@H]2CCCN2c2nc(Nc3cc(C4CC4)[nH]n3)c3cccn3n2)C1. The Morgan fingerprint density at radius 3 is 2.89 bits per heavy atom. The Balaban J connectivity index is 1.18. The van der Waals surface area contributed by atoms with Gasteiger partial charge in [-0.15, -0.1) is 5.10 Å². The first-order valence-corrected chi connectivity index (χ1v) is 13.1. The lowest BCUT2D eigenvalue weighted by Crippen LogP contribution is -2.54. The third kappa shape index (κ3) is 4.97. The van der Waals surface area contributed by atoms with Gasteiger partial charge in [-0.2, -0.15) is 10.1 Å². The lowest BCUT2D eigenvalue weighted by atomic mass is 10.0. The highest BCUT2D eigenvalue weighted by Gasteiger charge is 2.35. The number of H-pyrrole nitrogens is 1. The largest absolute Gasteiger partial charge is 0.375 e. The van der Waals surface area contributed by atoms with Crippen molar-refractivity contribution in [1.82, 2.24) is 35.0 Å². The third-order valence-corrected chi connectivity index (χ3v) is 7.44. The molecule has 2 saturated heterocycles. The van der Waals surface area contributed by atoms with E-state index in [1.54, 1.807) is 9.42 Å². The maximum atomic E-state index is 13.4. The molecule has 1 saturated carbocycles. The lowest BCUT2D eigenvalue weighted by Gasteiger charge is -2.34. The topological polar surface area (TPSA) is 133 Å². The molecule has 0 aromatic carbocycles.